The molecule has 2 aliphatic heterocycles. The molecule has 3 rings (SSSR count). The molecule has 0 spiro atoms. The molecule has 0 aromatic heterocycles. The Morgan fingerprint density at radius 3 is 2.96 bits per heavy atom. The van der Waals surface area contributed by atoms with Crippen LogP contribution in [0, 0.1) is 5.41 Å². The van der Waals surface area contributed by atoms with Crippen molar-refractivity contribution in [2.75, 3.05) is 33.0 Å². The van der Waals surface area contributed by atoms with Crippen molar-refractivity contribution in [2.24, 2.45) is 16.1 Å². The first-order valence-electron chi connectivity index (χ1n) is 8.19. The minimum Gasteiger partial charge on any atom is -0.493 e. The first kappa shape index (κ1) is 19.3. The topological polar surface area (TPSA) is 89.1 Å². The smallest absolute Gasteiger partial charge is 0.189 e. The molecule has 0 radical (unpaired) electrons. The van der Waals surface area contributed by atoms with E-state index in [2.05, 4.69) is 16.4 Å². The molecule has 2 atom stereocenters. The van der Waals surface area contributed by atoms with Crippen molar-refractivity contribution < 1.29 is 14.6 Å². The maximum Gasteiger partial charge on any atom is 0.189 e. The Labute approximate surface area is 159 Å². The Bertz CT molecular complexity index is 562. The number of ether oxygens (including phenoxy) is 2. The lowest BCUT2D eigenvalue weighted by molar-refractivity contribution is 0.131. The van der Waals surface area contributed by atoms with Gasteiger partial charge in [-0.25, -0.2) is 0 Å². The van der Waals surface area contributed by atoms with E-state index >= 15 is 0 Å². The lowest BCUT2D eigenvalue weighted by Gasteiger charge is -2.28. The molecule has 0 saturated carbocycles. The van der Waals surface area contributed by atoms with E-state index in [9.17, 15) is 5.11 Å². The van der Waals surface area contributed by atoms with Crippen LogP contribution in [-0.2, 0) is 4.74 Å². The minimum atomic E-state index is -0.0748. The zero-order valence-electron chi connectivity index (χ0n) is 13.7. The molecular weight excluding hydrogens is 421 g/mol. The highest BCUT2D eigenvalue weighted by atomic mass is 127. The first-order valence-corrected chi connectivity index (χ1v) is 8.19. The van der Waals surface area contributed by atoms with E-state index in [-0.39, 0.29) is 42.0 Å². The summed E-state index contributed by atoms with van der Waals surface area (Å²) in [7, 11) is 0. The number of rotatable bonds is 5. The van der Waals surface area contributed by atoms with Crippen molar-refractivity contribution >= 4 is 29.9 Å². The molecule has 1 aromatic rings. The van der Waals surface area contributed by atoms with Crippen LogP contribution in [-0.4, -0.2) is 44.0 Å². The second kappa shape index (κ2) is 8.87. The Kier molecular flexibility index (Phi) is 7.12. The SMILES string of the molecule is I.NC(=NCC1(CCO)CCOC1)NC1CCOc2ccccc21. The predicted molar refractivity (Wildman–Crippen MR) is 104 cm³/mol. The molecule has 4 N–H and O–H groups in total. The summed E-state index contributed by atoms with van der Waals surface area (Å²) >= 11 is 0. The van der Waals surface area contributed by atoms with E-state index < -0.39 is 0 Å². The first-order chi connectivity index (χ1) is 11.2. The summed E-state index contributed by atoms with van der Waals surface area (Å²) in [5.74, 6) is 1.35. The normalized spacial score (nSPS) is 26.2. The van der Waals surface area contributed by atoms with Gasteiger partial charge < -0.3 is 25.6 Å². The van der Waals surface area contributed by atoms with Gasteiger partial charge in [0.05, 0.1) is 25.8 Å². The van der Waals surface area contributed by atoms with Crippen LogP contribution in [0.1, 0.15) is 30.9 Å². The highest BCUT2D eigenvalue weighted by Crippen LogP contribution is 2.33. The zero-order valence-corrected chi connectivity index (χ0v) is 16.1. The molecule has 1 aromatic carbocycles. The molecule has 0 amide bonds. The predicted octanol–water partition coefficient (Wildman–Crippen LogP) is 1.82. The molecule has 134 valence electrons. The van der Waals surface area contributed by atoms with Gasteiger partial charge in [-0.2, -0.15) is 0 Å². The van der Waals surface area contributed by atoms with Gasteiger partial charge in [0.15, 0.2) is 5.96 Å². The van der Waals surface area contributed by atoms with Crippen LogP contribution < -0.4 is 15.8 Å². The molecule has 6 nitrogen and oxygen atoms in total. The van der Waals surface area contributed by atoms with Crippen molar-refractivity contribution in [3.8, 4) is 5.75 Å². The second-order valence-electron chi connectivity index (χ2n) is 6.35. The third-order valence-corrected chi connectivity index (χ3v) is 4.69. The van der Waals surface area contributed by atoms with Crippen molar-refractivity contribution in [3.05, 3.63) is 29.8 Å². The van der Waals surface area contributed by atoms with E-state index in [0.29, 0.717) is 32.1 Å². The molecule has 0 aliphatic carbocycles. The fraction of sp³-hybridized carbons (Fsp3) is 0.588. The number of aliphatic hydroxyl groups is 1. The maximum absolute atomic E-state index is 9.26. The van der Waals surface area contributed by atoms with E-state index in [1.54, 1.807) is 0 Å². The highest BCUT2D eigenvalue weighted by molar-refractivity contribution is 14.0. The molecule has 1 saturated heterocycles. The molecule has 24 heavy (non-hydrogen) atoms. The van der Waals surface area contributed by atoms with Crippen LogP contribution in [0.15, 0.2) is 29.3 Å². The van der Waals surface area contributed by atoms with Crippen LogP contribution in [0.25, 0.3) is 0 Å². The molecule has 7 heteroatoms. The zero-order chi connectivity index (χ0) is 16.1. The third kappa shape index (κ3) is 4.52. The minimum absolute atomic E-state index is 0. The summed E-state index contributed by atoms with van der Waals surface area (Å²) in [6, 6.07) is 8.12. The standard InChI is InChI=1S/C17H25N3O3.HI/c18-16(19-11-17(6-8-21)7-10-22-12-17)20-14-5-9-23-15-4-2-1-3-13(14)15;/h1-4,14,21H,5-12H2,(H3,18,19,20);1H. The molecule has 1 fully saturated rings. The Morgan fingerprint density at radius 2 is 2.21 bits per heavy atom. The van der Waals surface area contributed by atoms with Crippen molar-refractivity contribution in [1.29, 1.82) is 0 Å². The van der Waals surface area contributed by atoms with Crippen LogP contribution in [0.2, 0.25) is 0 Å². The van der Waals surface area contributed by atoms with Crippen LogP contribution in [0.4, 0.5) is 0 Å². The van der Waals surface area contributed by atoms with Gasteiger partial charge in [0, 0.05) is 30.6 Å². The molecule has 2 heterocycles. The number of hydrogen-bond acceptors (Lipinski definition) is 4. The molecule has 2 unspecified atom stereocenters. The fourth-order valence-corrected chi connectivity index (χ4v) is 3.26. The highest BCUT2D eigenvalue weighted by Gasteiger charge is 2.34. The van der Waals surface area contributed by atoms with Crippen molar-refractivity contribution in [1.82, 2.24) is 5.32 Å². The Morgan fingerprint density at radius 1 is 1.38 bits per heavy atom. The molecule has 2 aliphatic rings. The summed E-state index contributed by atoms with van der Waals surface area (Å²) in [6.07, 6.45) is 2.48. The number of nitrogens with zero attached hydrogens (tertiary/aromatic N) is 1. The van der Waals surface area contributed by atoms with E-state index in [4.69, 9.17) is 15.2 Å². The molecule has 0 bridgehead atoms. The monoisotopic (exact) mass is 447 g/mol. The van der Waals surface area contributed by atoms with E-state index in [1.807, 2.05) is 18.2 Å². The average Bonchev–Trinajstić information content (AvgIpc) is 3.03. The van der Waals surface area contributed by atoms with Gasteiger partial charge in [-0.1, -0.05) is 18.2 Å². The number of aliphatic hydroxyl groups excluding tert-OH is 1. The van der Waals surface area contributed by atoms with Crippen molar-refractivity contribution in [2.45, 2.75) is 25.3 Å². The number of halogens is 1. The second-order valence-corrected chi connectivity index (χ2v) is 6.35. The summed E-state index contributed by atoms with van der Waals surface area (Å²) in [5, 5.41) is 12.6. The van der Waals surface area contributed by atoms with Gasteiger partial charge in [-0.15, -0.1) is 24.0 Å². The number of benzene rings is 1. The fourth-order valence-electron chi connectivity index (χ4n) is 3.26. The number of nitrogens with two attached hydrogens (primary N) is 1. The van der Waals surface area contributed by atoms with Gasteiger partial charge >= 0.3 is 0 Å². The van der Waals surface area contributed by atoms with Crippen LogP contribution in [0.3, 0.4) is 0 Å². The maximum atomic E-state index is 9.26. The van der Waals surface area contributed by atoms with E-state index in [1.165, 1.54) is 0 Å². The van der Waals surface area contributed by atoms with Gasteiger partial charge in [-0.3, -0.25) is 4.99 Å². The Hall–Kier alpha value is -1.06. The lowest BCUT2D eigenvalue weighted by atomic mass is 9.84. The number of guanidine groups is 1. The number of nitrogens with one attached hydrogen (secondary N) is 1. The third-order valence-electron chi connectivity index (χ3n) is 4.69. The largest absolute Gasteiger partial charge is 0.493 e. The quantitative estimate of drug-likeness (QED) is 0.364. The van der Waals surface area contributed by atoms with Gasteiger partial charge in [-0.05, 0) is 18.9 Å². The van der Waals surface area contributed by atoms with Gasteiger partial charge in [0.25, 0.3) is 0 Å². The number of hydrogen-bond donors (Lipinski definition) is 3. The average molecular weight is 447 g/mol. The summed E-state index contributed by atoms with van der Waals surface area (Å²) < 4.78 is 11.1. The summed E-state index contributed by atoms with van der Waals surface area (Å²) in [4.78, 5) is 4.52. The van der Waals surface area contributed by atoms with Gasteiger partial charge in [0.2, 0.25) is 0 Å². The van der Waals surface area contributed by atoms with E-state index in [0.717, 1.165) is 30.8 Å². The van der Waals surface area contributed by atoms with Crippen molar-refractivity contribution in [3.63, 3.8) is 0 Å². The lowest BCUT2D eigenvalue weighted by Crippen LogP contribution is -2.38. The summed E-state index contributed by atoms with van der Waals surface area (Å²) in [5.41, 5.74) is 7.13. The number of aliphatic imine (C=N–C) groups is 1. The number of fused-ring (bicyclic) bond motifs is 1. The molecular formula is C17H26IN3O3. The Balaban J connectivity index is 0.00000208. The number of para-hydroxylation sites is 1. The van der Waals surface area contributed by atoms with Crippen LogP contribution >= 0.6 is 24.0 Å². The van der Waals surface area contributed by atoms with Gasteiger partial charge in [0.1, 0.15) is 5.75 Å². The van der Waals surface area contributed by atoms with Crippen LogP contribution in [0.5, 0.6) is 5.75 Å². The summed E-state index contributed by atoms with van der Waals surface area (Å²) in [6.45, 7) is 2.78.